The summed E-state index contributed by atoms with van der Waals surface area (Å²) >= 11 is 0. The van der Waals surface area contributed by atoms with E-state index in [2.05, 4.69) is 57.8 Å². The van der Waals surface area contributed by atoms with E-state index >= 15 is 0 Å². The van der Waals surface area contributed by atoms with Crippen LogP contribution in [0.25, 0.3) is 0 Å². The standard InChI is InChI=1S/C56H96N16O23/c1-36(75)58-14-20-69(47(82)10-2-37-32-71(67-65-37)24-28-92-55-53(88)51(86)49(84)39(34-73)94-55)21-15-60-43(78)6-8-45(80)63-18-26-90-30-31-91-27-19-64-46(81)9-7-44(79)62-17-23-70(22-16-61-42(77)5-4-41(76)59-13-12-57)48(83)11-3-38-33-72(68-66-38)25-29-93-56-54(89)52(87)50(85)40(35-74)95-56/h32-33,39-40,49-56,73-74,84-89H,2-31,34-35,57H2,1H3,(H,58,75)(H,59,76)(H,60,78)(H,61,77)(H,62,79)(H,63,80)(H,64,81)/t39-,40-,49+,50+,51+,52+,53-,54-,55-,56-/m1/s1. The number of rotatable bonds is 48. The second-order valence-electron chi connectivity index (χ2n) is 21.9. The first-order valence-corrected chi connectivity index (χ1v) is 31.5. The Labute approximate surface area is 547 Å². The molecular formula is C56H96N16O23. The molecule has 17 N–H and O–H groups in total. The molecule has 2 aromatic heterocycles. The summed E-state index contributed by atoms with van der Waals surface area (Å²) in [7, 11) is 0. The van der Waals surface area contributed by atoms with Crippen molar-refractivity contribution in [2.75, 3.05) is 131 Å². The first-order chi connectivity index (χ1) is 45.6. The van der Waals surface area contributed by atoms with Crippen molar-refractivity contribution < 1.29 is 112 Å². The number of nitrogens with zero attached hydrogens (tertiary/aromatic N) is 8. The highest BCUT2D eigenvalue weighted by Crippen LogP contribution is 2.23. The number of hydrogen-bond acceptors (Lipinski definition) is 28. The van der Waals surface area contributed by atoms with Gasteiger partial charge in [0.05, 0.1) is 77.3 Å². The maximum atomic E-state index is 13.5. The zero-order valence-electron chi connectivity index (χ0n) is 53.4. The molecule has 0 aliphatic carbocycles. The van der Waals surface area contributed by atoms with Gasteiger partial charge < -0.3 is 122 Å². The summed E-state index contributed by atoms with van der Waals surface area (Å²) in [4.78, 5) is 116. The number of aliphatic hydroxyl groups excluding tert-OH is 8. The molecule has 39 nitrogen and oxygen atoms in total. The normalized spacial score (nSPS) is 20.9. The van der Waals surface area contributed by atoms with E-state index in [4.69, 9.17) is 34.2 Å². The molecule has 0 spiro atoms. The average Bonchev–Trinajstić information content (AvgIpc) is 1.36. The van der Waals surface area contributed by atoms with Gasteiger partial charge in [-0.05, 0) is 0 Å². The minimum atomic E-state index is -1.60. The maximum Gasteiger partial charge on any atom is 0.223 e. The van der Waals surface area contributed by atoms with E-state index in [0.29, 0.717) is 11.4 Å². The van der Waals surface area contributed by atoms with Gasteiger partial charge in [-0.3, -0.25) is 43.2 Å². The summed E-state index contributed by atoms with van der Waals surface area (Å²) in [6, 6.07) is 0. The van der Waals surface area contributed by atoms with Gasteiger partial charge in [0, 0.05) is 162 Å². The maximum absolute atomic E-state index is 13.5. The molecule has 2 aromatic rings. The summed E-state index contributed by atoms with van der Waals surface area (Å²) in [6.45, 7) is 2.53. The highest BCUT2D eigenvalue weighted by atomic mass is 16.7. The Balaban J connectivity index is 1.03. The van der Waals surface area contributed by atoms with E-state index < -0.39 is 98.3 Å². The number of ether oxygens (including phenoxy) is 6. The van der Waals surface area contributed by atoms with Crippen LogP contribution in [0.5, 0.6) is 0 Å². The van der Waals surface area contributed by atoms with Crippen molar-refractivity contribution in [3.63, 3.8) is 0 Å². The first kappa shape index (κ1) is 80.3. The number of amides is 9. The van der Waals surface area contributed by atoms with Crippen molar-refractivity contribution in [2.45, 2.75) is 146 Å². The number of aryl methyl sites for hydroxylation is 2. The van der Waals surface area contributed by atoms with Crippen LogP contribution in [-0.4, -0.2) is 327 Å². The van der Waals surface area contributed by atoms with Crippen molar-refractivity contribution in [1.82, 2.24) is 77.0 Å². The van der Waals surface area contributed by atoms with Crippen molar-refractivity contribution in [2.24, 2.45) is 5.73 Å². The predicted octanol–water partition coefficient (Wildman–Crippen LogP) is -10.1. The number of nitrogens with one attached hydrogen (secondary N) is 7. The van der Waals surface area contributed by atoms with E-state index in [9.17, 15) is 84.0 Å². The van der Waals surface area contributed by atoms with Crippen molar-refractivity contribution in [3.05, 3.63) is 23.8 Å². The Bertz CT molecular complexity index is 2640. The van der Waals surface area contributed by atoms with Gasteiger partial charge in [0.15, 0.2) is 12.6 Å². The fourth-order valence-corrected chi connectivity index (χ4v) is 9.20. The third kappa shape index (κ3) is 31.6. The van der Waals surface area contributed by atoms with Gasteiger partial charge in [0.2, 0.25) is 53.2 Å². The van der Waals surface area contributed by atoms with E-state index in [-0.39, 0.29) is 225 Å². The largest absolute Gasteiger partial charge is 0.394 e. The number of aromatic nitrogens is 6. The molecule has 538 valence electrons. The van der Waals surface area contributed by atoms with Crippen LogP contribution >= 0.6 is 0 Å². The molecule has 2 aliphatic rings. The van der Waals surface area contributed by atoms with Gasteiger partial charge in [-0.1, -0.05) is 10.4 Å². The van der Waals surface area contributed by atoms with E-state index in [1.54, 1.807) is 12.4 Å². The highest BCUT2D eigenvalue weighted by Gasteiger charge is 2.45. The van der Waals surface area contributed by atoms with Gasteiger partial charge in [0.25, 0.3) is 0 Å². The number of aliphatic hydroxyl groups is 8. The Morgan fingerprint density at radius 2 is 0.800 bits per heavy atom. The summed E-state index contributed by atoms with van der Waals surface area (Å²) in [6.07, 6.45) is -11.3. The molecule has 10 atom stereocenters. The Morgan fingerprint density at radius 3 is 1.14 bits per heavy atom. The van der Waals surface area contributed by atoms with Gasteiger partial charge >= 0.3 is 0 Å². The molecule has 0 unspecified atom stereocenters. The zero-order chi connectivity index (χ0) is 69.5. The first-order valence-electron chi connectivity index (χ1n) is 31.5. The third-order valence-corrected chi connectivity index (χ3v) is 14.5. The molecule has 0 radical (unpaired) electrons. The molecule has 9 amide bonds. The molecule has 0 saturated carbocycles. The molecule has 0 bridgehead atoms. The minimum absolute atomic E-state index is 0.0240. The second kappa shape index (κ2) is 45.4. The molecule has 4 heterocycles. The molecule has 2 saturated heterocycles. The number of nitrogens with two attached hydrogens (primary N) is 1. The van der Waals surface area contributed by atoms with Crippen LogP contribution in [0.15, 0.2) is 12.4 Å². The Morgan fingerprint density at radius 1 is 0.463 bits per heavy atom. The van der Waals surface area contributed by atoms with Crippen LogP contribution in [0, 0.1) is 0 Å². The monoisotopic (exact) mass is 1360 g/mol. The molecule has 2 fully saturated rings. The van der Waals surface area contributed by atoms with E-state index in [0.717, 1.165) is 0 Å². The molecule has 39 heteroatoms. The second-order valence-corrected chi connectivity index (χ2v) is 21.9. The smallest absolute Gasteiger partial charge is 0.223 e. The topological polar surface area (TPSA) is 549 Å². The van der Waals surface area contributed by atoms with Gasteiger partial charge in [-0.15, -0.1) is 10.2 Å². The molecule has 4 rings (SSSR count). The van der Waals surface area contributed by atoms with Gasteiger partial charge in [-0.25, -0.2) is 9.36 Å². The van der Waals surface area contributed by atoms with Crippen molar-refractivity contribution in [3.8, 4) is 0 Å². The molecule has 2 aliphatic heterocycles. The van der Waals surface area contributed by atoms with E-state index in [1.807, 2.05) is 0 Å². The van der Waals surface area contributed by atoms with Crippen LogP contribution < -0.4 is 43.0 Å². The van der Waals surface area contributed by atoms with Crippen LogP contribution in [0.3, 0.4) is 0 Å². The lowest BCUT2D eigenvalue weighted by Gasteiger charge is -2.39. The summed E-state index contributed by atoms with van der Waals surface area (Å²) < 4.78 is 35.5. The fraction of sp³-hybridized carbons (Fsp3) is 0.768. The minimum Gasteiger partial charge on any atom is -0.394 e. The summed E-state index contributed by atoms with van der Waals surface area (Å²) in [5.41, 5.74) is 6.33. The van der Waals surface area contributed by atoms with Crippen LogP contribution in [0.1, 0.15) is 69.7 Å². The van der Waals surface area contributed by atoms with Crippen LogP contribution in [0.2, 0.25) is 0 Å². The number of carbonyl (C=O) groups is 9. The van der Waals surface area contributed by atoms with Crippen molar-refractivity contribution in [1.29, 1.82) is 0 Å². The van der Waals surface area contributed by atoms with Gasteiger partial charge in [-0.2, -0.15) is 0 Å². The number of carbonyl (C=O) groups excluding carboxylic acids is 9. The lowest BCUT2D eigenvalue weighted by molar-refractivity contribution is -0.301. The quantitative estimate of drug-likeness (QED) is 0.0274. The fourth-order valence-electron chi connectivity index (χ4n) is 9.20. The Hall–Kier alpha value is -7.09. The average molecular weight is 1360 g/mol. The molecule has 0 aromatic carbocycles. The lowest BCUT2D eigenvalue weighted by Crippen LogP contribution is -2.59. The lowest BCUT2D eigenvalue weighted by atomic mass is 9.99. The summed E-state index contributed by atoms with van der Waals surface area (Å²) in [5, 5.41) is 114. The van der Waals surface area contributed by atoms with E-state index in [1.165, 1.54) is 26.1 Å². The third-order valence-electron chi connectivity index (χ3n) is 14.5. The van der Waals surface area contributed by atoms with Gasteiger partial charge in [0.1, 0.15) is 48.8 Å². The number of hydrogen-bond donors (Lipinski definition) is 16. The van der Waals surface area contributed by atoms with Crippen LogP contribution in [-0.2, 0) is 97.5 Å². The Kier molecular flexibility index (Phi) is 38.4. The molecule has 95 heavy (non-hydrogen) atoms. The molecular weight excluding hydrogens is 1260 g/mol. The summed E-state index contributed by atoms with van der Waals surface area (Å²) in [5.74, 6) is -3.29. The van der Waals surface area contributed by atoms with Crippen molar-refractivity contribution >= 4 is 53.2 Å². The predicted molar refractivity (Wildman–Crippen MR) is 324 cm³/mol. The van der Waals surface area contributed by atoms with Crippen LogP contribution in [0.4, 0.5) is 0 Å². The zero-order valence-corrected chi connectivity index (χ0v) is 53.4. The SMILES string of the molecule is CC(=O)NCCN(CCNC(=O)CCC(=O)NCCOCCOCCNC(=O)CCC(=O)NCCN(CCNC(=O)CCC(=O)NCCN)C(=O)CCc1cn(CCO[C@@H]2O[C@H](CO)[C@H](O)[C@H](O)[C@H]2O)nn1)C(=O)CCc1cn(CCO[C@@H]2O[C@H](CO)[C@H](O)[C@H](O)[C@H]2O)nn1. The highest BCUT2D eigenvalue weighted by molar-refractivity contribution is 5.85.